The second-order valence-electron chi connectivity index (χ2n) is 4.33. The molecule has 0 aliphatic rings. The third kappa shape index (κ3) is 5.10. The Morgan fingerprint density at radius 3 is 2.52 bits per heavy atom. The van der Waals surface area contributed by atoms with Gasteiger partial charge in [-0.2, -0.15) is 0 Å². The number of sulfonamides is 1. The van der Waals surface area contributed by atoms with E-state index in [2.05, 4.69) is 25.6 Å². The fraction of sp³-hybridized carbons (Fsp3) is 0.583. The molecular weight excluding hydrogens is 364 g/mol. The van der Waals surface area contributed by atoms with Crippen molar-refractivity contribution in [2.75, 3.05) is 26.2 Å². The smallest absolute Gasteiger partial charge is 0.371 e. The average molecular weight is 383 g/mol. The molecule has 0 fully saturated rings. The fourth-order valence-corrected chi connectivity index (χ4v) is 3.78. The predicted molar refractivity (Wildman–Crippen MR) is 81.0 cm³/mol. The van der Waals surface area contributed by atoms with Crippen LogP contribution in [-0.4, -0.2) is 50.6 Å². The summed E-state index contributed by atoms with van der Waals surface area (Å²) in [5.74, 6) is -1.75. The van der Waals surface area contributed by atoms with Gasteiger partial charge in [-0.25, -0.2) is 17.9 Å². The molecule has 1 aromatic rings. The van der Waals surface area contributed by atoms with Gasteiger partial charge >= 0.3 is 5.97 Å². The second kappa shape index (κ2) is 7.92. The molecule has 0 atom stereocenters. The summed E-state index contributed by atoms with van der Waals surface area (Å²) in [6, 6.07) is 0.985. The van der Waals surface area contributed by atoms with Crippen LogP contribution in [0.5, 0.6) is 0 Å². The standard InChI is InChI=1S/C12H19BrN2O5S/c1-3-15(4-2)7-5-6-14-21(18,19)10-8-9(12(16)17)20-11(10)13/h8,14H,3-7H2,1-2H3,(H,16,17). The van der Waals surface area contributed by atoms with Gasteiger partial charge in [0.05, 0.1) is 0 Å². The molecule has 0 unspecified atom stereocenters. The van der Waals surface area contributed by atoms with Crippen molar-refractivity contribution in [3.8, 4) is 0 Å². The SMILES string of the molecule is CCN(CC)CCCNS(=O)(=O)c1cc(C(=O)O)oc1Br. The van der Waals surface area contributed by atoms with Crippen molar-refractivity contribution in [1.82, 2.24) is 9.62 Å². The van der Waals surface area contributed by atoms with Gasteiger partial charge in [0.1, 0.15) is 4.90 Å². The molecule has 2 N–H and O–H groups in total. The molecule has 0 aromatic carbocycles. The van der Waals surface area contributed by atoms with Crippen molar-refractivity contribution in [2.24, 2.45) is 0 Å². The Balaban J connectivity index is 2.64. The van der Waals surface area contributed by atoms with Gasteiger partial charge in [0.15, 0.2) is 4.67 Å². The van der Waals surface area contributed by atoms with E-state index in [0.717, 1.165) is 25.7 Å². The Hall–Kier alpha value is -0.900. The van der Waals surface area contributed by atoms with Gasteiger partial charge in [0, 0.05) is 12.6 Å². The summed E-state index contributed by atoms with van der Waals surface area (Å²) < 4.78 is 31.3. The van der Waals surface area contributed by atoms with E-state index in [-0.39, 0.29) is 16.1 Å². The summed E-state index contributed by atoms with van der Waals surface area (Å²) in [7, 11) is -3.79. The molecular formula is C12H19BrN2O5S. The van der Waals surface area contributed by atoms with Crippen LogP contribution in [-0.2, 0) is 10.0 Å². The first-order valence-corrected chi connectivity index (χ1v) is 8.84. The van der Waals surface area contributed by atoms with Gasteiger partial charge < -0.3 is 14.4 Å². The van der Waals surface area contributed by atoms with Crippen molar-refractivity contribution in [2.45, 2.75) is 25.2 Å². The Kier molecular flexibility index (Phi) is 6.85. The number of aromatic carboxylic acids is 1. The quantitative estimate of drug-likeness (QED) is 0.631. The summed E-state index contributed by atoms with van der Waals surface area (Å²) >= 11 is 2.92. The van der Waals surface area contributed by atoms with Gasteiger partial charge in [0.25, 0.3) is 0 Å². The van der Waals surface area contributed by atoms with Crippen LogP contribution in [0.3, 0.4) is 0 Å². The molecule has 1 aromatic heterocycles. The van der Waals surface area contributed by atoms with E-state index in [4.69, 9.17) is 9.52 Å². The van der Waals surface area contributed by atoms with E-state index in [1.807, 2.05) is 13.8 Å². The number of nitrogens with one attached hydrogen (secondary N) is 1. The summed E-state index contributed by atoms with van der Waals surface area (Å²) in [5, 5.41) is 8.78. The van der Waals surface area contributed by atoms with Crippen LogP contribution in [0.1, 0.15) is 30.8 Å². The molecule has 0 amide bonds. The number of nitrogens with zero attached hydrogens (tertiary/aromatic N) is 1. The highest BCUT2D eigenvalue weighted by atomic mass is 79.9. The van der Waals surface area contributed by atoms with Crippen LogP contribution in [0.4, 0.5) is 0 Å². The Morgan fingerprint density at radius 1 is 1.43 bits per heavy atom. The summed E-state index contributed by atoms with van der Waals surface area (Å²) in [5.41, 5.74) is 0. The van der Waals surface area contributed by atoms with E-state index in [1.54, 1.807) is 0 Å². The molecule has 21 heavy (non-hydrogen) atoms. The monoisotopic (exact) mass is 382 g/mol. The molecule has 9 heteroatoms. The molecule has 1 heterocycles. The van der Waals surface area contributed by atoms with E-state index in [0.29, 0.717) is 6.42 Å². The number of carbonyl (C=O) groups is 1. The molecule has 120 valence electrons. The van der Waals surface area contributed by atoms with Crippen LogP contribution in [0.25, 0.3) is 0 Å². The summed E-state index contributed by atoms with van der Waals surface area (Å²) in [4.78, 5) is 12.7. The minimum atomic E-state index is -3.79. The molecule has 1 rings (SSSR count). The first kappa shape index (κ1) is 18.1. The number of furan rings is 1. The molecule has 0 radical (unpaired) electrons. The zero-order valence-electron chi connectivity index (χ0n) is 11.9. The maximum Gasteiger partial charge on any atom is 0.371 e. The average Bonchev–Trinajstić information content (AvgIpc) is 2.82. The predicted octanol–water partition coefficient (Wildman–Crippen LogP) is 1.75. The van der Waals surface area contributed by atoms with E-state index in [1.165, 1.54) is 0 Å². The van der Waals surface area contributed by atoms with E-state index in [9.17, 15) is 13.2 Å². The largest absolute Gasteiger partial charge is 0.475 e. The van der Waals surface area contributed by atoms with Gasteiger partial charge in [-0.1, -0.05) is 13.8 Å². The number of hydrogen-bond donors (Lipinski definition) is 2. The Bertz CT molecular complexity index is 580. The molecule has 0 saturated carbocycles. The number of hydrogen-bond acceptors (Lipinski definition) is 5. The van der Waals surface area contributed by atoms with Gasteiger partial charge in [-0.05, 0) is 42.0 Å². The molecule has 7 nitrogen and oxygen atoms in total. The van der Waals surface area contributed by atoms with Crippen molar-refractivity contribution < 1.29 is 22.7 Å². The zero-order chi connectivity index (χ0) is 16.0. The third-order valence-corrected chi connectivity index (χ3v) is 5.31. The maximum atomic E-state index is 12.1. The lowest BCUT2D eigenvalue weighted by Crippen LogP contribution is -2.30. The van der Waals surface area contributed by atoms with Crippen molar-refractivity contribution >= 4 is 31.9 Å². The van der Waals surface area contributed by atoms with E-state index < -0.39 is 21.8 Å². The zero-order valence-corrected chi connectivity index (χ0v) is 14.3. The summed E-state index contributed by atoms with van der Waals surface area (Å²) in [6.07, 6.45) is 0.669. The lowest BCUT2D eigenvalue weighted by molar-refractivity contribution is 0.0661. The molecule has 0 aliphatic heterocycles. The number of rotatable bonds is 9. The second-order valence-corrected chi connectivity index (χ2v) is 6.79. The topological polar surface area (TPSA) is 99.9 Å². The van der Waals surface area contributed by atoms with Crippen LogP contribution in [0, 0.1) is 0 Å². The van der Waals surface area contributed by atoms with E-state index >= 15 is 0 Å². The van der Waals surface area contributed by atoms with Crippen LogP contribution < -0.4 is 4.72 Å². The normalized spacial score (nSPS) is 12.0. The van der Waals surface area contributed by atoms with Gasteiger partial charge in [0.2, 0.25) is 15.8 Å². The number of carboxylic acid groups (broad SMARTS) is 1. The van der Waals surface area contributed by atoms with Crippen molar-refractivity contribution in [1.29, 1.82) is 0 Å². The minimum Gasteiger partial charge on any atom is -0.475 e. The van der Waals surface area contributed by atoms with Gasteiger partial charge in [-0.3, -0.25) is 0 Å². The first-order valence-electron chi connectivity index (χ1n) is 6.56. The highest BCUT2D eigenvalue weighted by molar-refractivity contribution is 9.10. The minimum absolute atomic E-state index is 0.115. The highest BCUT2D eigenvalue weighted by Crippen LogP contribution is 2.25. The molecule has 0 saturated heterocycles. The van der Waals surface area contributed by atoms with Crippen LogP contribution in [0.2, 0.25) is 0 Å². The molecule has 0 spiro atoms. The van der Waals surface area contributed by atoms with Gasteiger partial charge in [-0.15, -0.1) is 0 Å². The number of carboxylic acids is 1. The Morgan fingerprint density at radius 2 is 2.05 bits per heavy atom. The van der Waals surface area contributed by atoms with Crippen LogP contribution >= 0.6 is 15.9 Å². The Labute approximate surface area is 132 Å². The highest BCUT2D eigenvalue weighted by Gasteiger charge is 2.24. The van der Waals surface area contributed by atoms with Crippen molar-refractivity contribution in [3.05, 3.63) is 16.5 Å². The maximum absolute atomic E-state index is 12.1. The fourth-order valence-electron chi connectivity index (χ4n) is 1.77. The third-order valence-electron chi connectivity index (χ3n) is 2.99. The molecule has 0 bridgehead atoms. The summed E-state index contributed by atoms with van der Waals surface area (Å²) in [6.45, 7) is 6.99. The molecule has 0 aliphatic carbocycles. The lowest BCUT2D eigenvalue weighted by atomic mass is 10.4. The lowest BCUT2D eigenvalue weighted by Gasteiger charge is -2.17. The van der Waals surface area contributed by atoms with Crippen LogP contribution in [0.15, 0.2) is 20.0 Å². The first-order chi connectivity index (χ1) is 9.81. The number of halogens is 1. The van der Waals surface area contributed by atoms with Crippen molar-refractivity contribution in [3.63, 3.8) is 0 Å².